The van der Waals surface area contributed by atoms with Crippen LogP contribution in [0.4, 0.5) is 0 Å². The topological polar surface area (TPSA) is 85.8 Å². The Morgan fingerprint density at radius 2 is 1.80 bits per heavy atom. The fraction of sp³-hybridized carbons (Fsp3) is 0.450. The molecule has 0 saturated heterocycles. The van der Waals surface area contributed by atoms with E-state index in [0.717, 1.165) is 19.5 Å². The van der Waals surface area contributed by atoms with Gasteiger partial charge in [0.15, 0.2) is 5.96 Å². The molecule has 1 aromatic heterocycles. The molecule has 0 aliphatic rings. The molecule has 2 aromatic rings. The highest BCUT2D eigenvalue weighted by Crippen LogP contribution is 2.14. The van der Waals surface area contributed by atoms with E-state index in [2.05, 4.69) is 63.5 Å². The number of sulfonamides is 1. The van der Waals surface area contributed by atoms with E-state index in [1.807, 2.05) is 6.07 Å². The van der Waals surface area contributed by atoms with Crippen molar-refractivity contribution in [3.8, 4) is 0 Å². The number of nitrogens with zero attached hydrogens (tertiary/aromatic N) is 2. The molecule has 1 atom stereocenters. The molecule has 7 nitrogen and oxygen atoms in total. The molecule has 0 spiro atoms. The first kappa shape index (κ1) is 26.8. The number of rotatable bonds is 11. The normalized spacial score (nSPS) is 13.0. The van der Waals surface area contributed by atoms with E-state index in [4.69, 9.17) is 0 Å². The Bertz CT molecular complexity index is 845. The Morgan fingerprint density at radius 1 is 1.10 bits per heavy atom. The van der Waals surface area contributed by atoms with Crippen LogP contribution in [0.3, 0.4) is 0 Å². The smallest absolute Gasteiger partial charge is 0.250 e. The quantitative estimate of drug-likeness (QED) is 0.169. The van der Waals surface area contributed by atoms with Crippen LogP contribution >= 0.6 is 35.3 Å². The van der Waals surface area contributed by atoms with Crippen molar-refractivity contribution < 1.29 is 8.42 Å². The molecule has 2 rings (SSSR count). The summed E-state index contributed by atoms with van der Waals surface area (Å²) in [7, 11) is 0.411. The molecule has 1 aromatic carbocycles. The van der Waals surface area contributed by atoms with Crippen molar-refractivity contribution in [3.63, 3.8) is 0 Å². The third-order valence-electron chi connectivity index (χ3n) is 4.57. The predicted octanol–water partition coefficient (Wildman–Crippen LogP) is 2.72. The monoisotopic (exact) mass is 565 g/mol. The van der Waals surface area contributed by atoms with Crippen molar-refractivity contribution in [1.82, 2.24) is 20.3 Å². The predicted molar refractivity (Wildman–Crippen MR) is 136 cm³/mol. The van der Waals surface area contributed by atoms with Gasteiger partial charge in [-0.25, -0.2) is 13.1 Å². The molecule has 1 heterocycles. The van der Waals surface area contributed by atoms with Crippen molar-refractivity contribution in [2.24, 2.45) is 4.99 Å². The lowest BCUT2D eigenvalue weighted by Crippen LogP contribution is -2.42. The van der Waals surface area contributed by atoms with Crippen LogP contribution in [0, 0.1) is 0 Å². The molecule has 0 fully saturated rings. The number of hydrogen-bond acceptors (Lipinski definition) is 5. The van der Waals surface area contributed by atoms with Crippen LogP contribution < -0.4 is 15.4 Å². The lowest BCUT2D eigenvalue weighted by atomic mass is 10.1. The van der Waals surface area contributed by atoms with Gasteiger partial charge in [0, 0.05) is 39.3 Å². The van der Waals surface area contributed by atoms with Crippen LogP contribution in [0.2, 0.25) is 0 Å². The maximum Gasteiger partial charge on any atom is 0.250 e. The minimum atomic E-state index is -3.42. The molecule has 0 saturated carbocycles. The zero-order chi connectivity index (χ0) is 21.1. The summed E-state index contributed by atoms with van der Waals surface area (Å²) in [6, 6.07) is 14.2. The van der Waals surface area contributed by atoms with E-state index in [1.54, 1.807) is 24.6 Å². The van der Waals surface area contributed by atoms with Crippen molar-refractivity contribution >= 4 is 51.3 Å². The zero-order valence-corrected chi connectivity index (χ0v) is 21.6. The Balaban J connectivity index is 0.00000450. The second kappa shape index (κ2) is 14.0. The molecule has 0 aliphatic heterocycles. The van der Waals surface area contributed by atoms with Crippen LogP contribution in [-0.4, -0.2) is 59.0 Å². The number of benzene rings is 1. The number of nitrogens with one attached hydrogen (secondary N) is 3. The van der Waals surface area contributed by atoms with E-state index in [-0.39, 0.29) is 30.5 Å². The Morgan fingerprint density at radius 3 is 2.43 bits per heavy atom. The Kier molecular flexibility index (Phi) is 12.5. The average molecular weight is 566 g/mol. The molecule has 168 valence electrons. The molecular formula is C20H32IN5O2S2. The van der Waals surface area contributed by atoms with Gasteiger partial charge >= 0.3 is 0 Å². The summed E-state index contributed by atoms with van der Waals surface area (Å²) in [6.07, 6.45) is 0.967. The largest absolute Gasteiger partial charge is 0.356 e. The molecule has 30 heavy (non-hydrogen) atoms. The summed E-state index contributed by atoms with van der Waals surface area (Å²) in [6.45, 7) is 4.64. The summed E-state index contributed by atoms with van der Waals surface area (Å²) >= 11 is 1.20. The Hall–Kier alpha value is -1.21. The molecule has 0 amide bonds. The van der Waals surface area contributed by atoms with Gasteiger partial charge in [-0.3, -0.25) is 9.89 Å². The highest BCUT2D eigenvalue weighted by atomic mass is 127. The SMILES string of the molecule is CN=C(NCCNS(=O)(=O)c1cccs1)NCCC(C)N(C)Cc1ccccc1.I. The molecule has 0 bridgehead atoms. The molecule has 10 heteroatoms. The minimum absolute atomic E-state index is 0. The standard InChI is InChI=1S/C20H31N5O2S2.HI/c1-17(25(3)16-18-8-5-4-6-9-18)11-12-22-20(21-2)23-13-14-24-29(26,27)19-10-7-15-28-19;/h4-10,15,17,24H,11-14,16H2,1-3H3,(H2,21,22,23);1H. The summed E-state index contributed by atoms with van der Waals surface area (Å²) in [5.74, 6) is 0.665. The van der Waals surface area contributed by atoms with Crippen LogP contribution in [0.1, 0.15) is 18.9 Å². The summed E-state index contributed by atoms with van der Waals surface area (Å²) in [4.78, 5) is 6.51. The number of guanidine groups is 1. The average Bonchev–Trinajstić information content (AvgIpc) is 3.26. The van der Waals surface area contributed by atoms with Crippen LogP contribution in [-0.2, 0) is 16.6 Å². The number of aliphatic imine (C=N–C) groups is 1. The van der Waals surface area contributed by atoms with Gasteiger partial charge in [-0.05, 0) is 37.4 Å². The molecular weight excluding hydrogens is 533 g/mol. The van der Waals surface area contributed by atoms with Gasteiger partial charge < -0.3 is 10.6 Å². The number of thiophene rings is 1. The first-order valence-electron chi connectivity index (χ1n) is 9.64. The van der Waals surface area contributed by atoms with Crippen LogP contribution in [0.25, 0.3) is 0 Å². The number of hydrogen-bond donors (Lipinski definition) is 3. The highest BCUT2D eigenvalue weighted by molar-refractivity contribution is 14.0. The minimum Gasteiger partial charge on any atom is -0.356 e. The third kappa shape index (κ3) is 9.29. The second-order valence-corrected chi connectivity index (χ2v) is 9.74. The lowest BCUT2D eigenvalue weighted by Gasteiger charge is -2.25. The van der Waals surface area contributed by atoms with Crippen molar-refractivity contribution in [2.45, 2.75) is 30.1 Å². The summed E-state index contributed by atoms with van der Waals surface area (Å²) in [5, 5.41) is 8.16. The Labute approximate surface area is 201 Å². The maximum atomic E-state index is 12.1. The first-order chi connectivity index (χ1) is 13.9. The van der Waals surface area contributed by atoms with E-state index in [9.17, 15) is 8.42 Å². The zero-order valence-electron chi connectivity index (χ0n) is 17.7. The molecule has 1 unspecified atom stereocenters. The van der Waals surface area contributed by atoms with Gasteiger partial charge in [-0.15, -0.1) is 35.3 Å². The lowest BCUT2D eigenvalue weighted by molar-refractivity contribution is 0.238. The summed E-state index contributed by atoms with van der Waals surface area (Å²) < 4.78 is 27.1. The first-order valence-corrected chi connectivity index (χ1v) is 12.0. The van der Waals surface area contributed by atoms with Crippen molar-refractivity contribution in [3.05, 3.63) is 53.4 Å². The van der Waals surface area contributed by atoms with E-state index >= 15 is 0 Å². The molecule has 0 aliphatic carbocycles. The van der Waals surface area contributed by atoms with Gasteiger partial charge in [0.2, 0.25) is 10.0 Å². The fourth-order valence-corrected chi connectivity index (χ4v) is 4.79. The van der Waals surface area contributed by atoms with Gasteiger partial charge in [-0.1, -0.05) is 36.4 Å². The van der Waals surface area contributed by atoms with Crippen LogP contribution in [0.5, 0.6) is 0 Å². The number of halogens is 1. The van der Waals surface area contributed by atoms with Crippen LogP contribution in [0.15, 0.2) is 57.0 Å². The van der Waals surface area contributed by atoms with Gasteiger partial charge in [-0.2, -0.15) is 0 Å². The highest BCUT2D eigenvalue weighted by Gasteiger charge is 2.14. The van der Waals surface area contributed by atoms with E-state index in [1.165, 1.54) is 16.9 Å². The van der Waals surface area contributed by atoms with E-state index in [0.29, 0.717) is 22.8 Å². The van der Waals surface area contributed by atoms with Gasteiger partial charge in [0.25, 0.3) is 0 Å². The van der Waals surface area contributed by atoms with E-state index < -0.39 is 10.0 Å². The van der Waals surface area contributed by atoms with Crippen molar-refractivity contribution in [2.75, 3.05) is 33.7 Å². The fourth-order valence-electron chi connectivity index (χ4n) is 2.72. The van der Waals surface area contributed by atoms with Gasteiger partial charge in [0.1, 0.15) is 4.21 Å². The molecule has 0 radical (unpaired) electrons. The maximum absolute atomic E-state index is 12.1. The molecule has 3 N–H and O–H groups in total. The summed E-state index contributed by atoms with van der Waals surface area (Å²) in [5.41, 5.74) is 1.30. The third-order valence-corrected chi connectivity index (χ3v) is 7.43. The van der Waals surface area contributed by atoms with Crippen molar-refractivity contribution in [1.29, 1.82) is 0 Å². The second-order valence-electron chi connectivity index (χ2n) is 6.79. The van der Waals surface area contributed by atoms with Gasteiger partial charge in [0.05, 0.1) is 0 Å².